The number of hydrogen-bond acceptors (Lipinski definition) is 7. The summed E-state index contributed by atoms with van der Waals surface area (Å²) in [4.78, 5) is 41.7. The van der Waals surface area contributed by atoms with E-state index in [0.29, 0.717) is 16.3 Å². The number of nitrogen functional groups attached to an aromatic ring is 1. The second kappa shape index (κ2) is 8.20. The Morgan fingerprint density at radius 1 is 1.17 bits per heavy atom. The van der Waals surface area contributed by atoms with E-state index in [0.717, 1.165) is 47.4 Å². The smallest absolute Gasteiger partial charge is 0.341 e. The molecule has 1 fully saturated rings. The molecule has 2 aliphatic rings. The van der Waals surface area contributed by atoms with Crippen LogP contribution in [0.25, 0.3) is 0 Å². The van der Waals surface area contributed by atoms with Gasteiger partial charge >= 0.3 is 5.97 Å². The van der Waals surface area contributed by atoms with Crippen molar-refractivity contribution >= 4 is 51.6 Å². The summed E-state index contributed by atoms with van der Waals surface area (Å²) in [6, 6.07) is 7.22. The molecule has 1 aromatic heterocycles. The van der Waals surface area contributed by atoms with Gasteiger partial charge in [-0.05, 0) is 55.5 Å². The molecule has 2 aromatic rings. The maximum atomic E-state index is 13.1. The molecule has 2 amide bonds. The minimum Gasteiger partial charge on any atom is -0.465 e. The number of nitrogens with zero attached hydrogens (tertiary/aromatic N) is 1. The number of aryl methyl sites for hydroxylation is 1. The number of fused-ring (bicyclic) bond motifs is 1. The fourth-order valence-electron chi connectivity index (χ4n) is 3.82. The average molecular weight is 431 g/mol. The van der Waals surface area contributed by atoms with Crippen molar-refractivity contribution in [1.82, 2.24) is 0 Å². The van der Waals surface area contributed by atoms with Crippen molar-refractivity contribution in [3.8, 4) is 0 Å². The number of carbonyl (C=O) groups excluding carboxylic acids is 3. The summed E-state index contributed by atoms with van der Waals surface area (Å²) in [5, 5.41) is -0.0855. The van der Waals surface area contributed by atoms with Crippen molar-refractivity contribution in [1.29, 1.82) is 0 Å². The van der Waals surface area contributed by atoms with Crippen LogP contribution < -0.4 is 10.6 Å². The van der Waals surface area contributed by atoms with Crippen LogP contribution in [-0.2, 0) is 27.2 Å². The number of carbonyl (C=O) groups is 3. The largest absolute Gasteiger partial charge is 0.465 e. The molecule has 0 spiro atoms. The molecule has 2 N–H and O–H groups in total. The standard InChI is InChI=1S/C21H22N2O4S2/c1-27-21(26)18-14-5-3-2-4-6-15(14)29-20(18)23-17(24)11-16(19(23)25)28-13-9-7-12(22)8-10-13/h7-10,16H,2-6,11,22H2,1H3. The highest BCUT2D eigenvalue weighted by molar-refractivity contribution is 8.00. The number of methoxy groups -OCH3 is 1. The summed E-state index contributed by atoms with van der Waals surface area (Å²) in [6.45, 7) is 0. The zero-order valence-electron chi connectivity index (χ0n) is 16.1. The molecule has 0 radical (unpaired) electrons. The molecule has 8 heteroatoms. The molecule has 1 aromatic carbocycles. The van der Waals surface area contributed by atoms with Gasteiger partial charge in [-0.15, -0.1) is 23.1 Å². The zero-order valence-corrected chi connectivity index (χ0v) is 17.7. The lowest BCUT2D eigenvalue weighted by molar-refractivity contribution is -0.121. The summed E-state index contributed by atoms with van der Waals surface area (Å²) >= 11 is 2.74. The van der Waals surface area contributed by atoms with E-state index in [-0.39, 0.29) is 18.2 Å². The summed E-state index contributed by atoms with van der Waals surface area (Å²) in [5.41, 5.74) is 7.71. The highest BCUT2D eigenvalue weighted by atomic mass is 32.2. The van der Waals surface area contributed by atoms with E-state index in [2.05, 4.69) is 0 Å². The third kappa shape index (κ3) is 3.79. The quantitative estimate of drug-likeness (QED) is 0.343. The second-order valence-corrected chi connectivity index (χ2v) is 9.54. The molecule has 1 aliphatic carbocycles. The van der Waals surface area contributed by atoms with Gasteiger partial charge in [0.2, 0.25) is 11.8 Å². The molecule has 6 nitrogen and oxygen atoms in total. The Morgan fingerprint density at radius 3 is 2.62 bits per heavy atom. The topological polar surface area (TPSA) is 89.7 Å². The minimum absolute atomic E-state index is 0.108. The van der Waals surface area contributed by atoms with Crippen LogP contribution in [0.4, 0.5) is 10.7 Å². The van der Waals surface area contributed by atoms with Gasteiger partial charge in [0.25, 0.3) is 0 Å². The monoisotopic (exact) mass is 430 g/mol. The molecule has 0 saturated carbocycles. The van der Waals surface area contributed by atoms with E-state index in [1.807, 2.05) is 12.1 Å². The summed E-state index contributed by atoms with van der Waals surface area (Å²) in [6.07, 6.45) is 4.89. The SMILES string of the molecule is COC(=O)c1c(N2C(=O)CC(Sc3ccc(N)cc3)C2=O)sc2c1CCCCC2. The fourth-order valence-corrected chi connectivity index (χ4v) is 6.27. The van der Waals surface area contributed by atoms with Crippen LogP contribution in [0.15, 0.2) is 29.2 Å². The van der Waals surface area contributed by atoms with Gasteiger partial charge in [0.15, 0.2) is 0 Å². The Bertz CT molecular complexity index is 968. The number of amides is 2. The molecule has 1 unspecified atom stereocenters. The Hall–Kier alpha value is -2.32. The lowest BCUT2D eigenvalue weighted by Crippen LogP contribution is -2.31. The molecular formula is C21H22N2O4S2. The zero-order chi connectivity index (χ0) is 20.5. The van der Waals surface area contributed by atoms with E-state index in [1.165, 1.54) is 35.1 Å². The molecule has 1 atom stereocenters. The number of benzene rings is 1. The van der Waals surface area contributed by atoms with E-state index < -0.39 is 11.2 Å². The van der Waals surface area contributed by atoms with Gasteiger partial charge in [-0.25, -0.2) is 9.69 Å². The number of thioether (sulfide) groups is 1. The van der Waals surface area contributed by atoms with Gasteiger partial charge in [0, 0.05) is 21.9 Å². The molecular weight excluding hydrogens is 408 g/mol. The maximum absolute atomic E-state index is 13.1. The van der Waals surface area contributed by atoms with Crippen molar-refractivity contribution in [3.05, 3.63) is 40.3 Å². The number of nitrogens with two attached hydrogens (primary N) is 1. The minimum atomic E-state index is -0.515. The van der Waals surface area contributed by atoms with E-state index in [1.54, 1.807) is 12.1 Å². The molecule has 2 heterocycles. The maximum Gasteiger partial charge on any atom is 0.341 e. The summed E-state index contributed by atoms with van der Waals surface area (Å²) in [7, 11) is 1.33. The molecule has 29 heavy (non-hydrogen) atoms. The first-order valence-electron chi connectivity index (χ1n) is 9.61. The number of esters is 1. The van der Waals surface area contributed by atoms with Gasteiger partial charge in [-0.3, -0.25) is 9.59 Å². The third-order valence-electron chi connectivity index (χ3n) is 5.26. The number of hydrogen-bond donors (Lipinski definition) is 1. The molecule has 152 valence electrons. The van der Waals surface area contributed by atoms with Gasteiger partial charge in [0.1, 0.15) is 5.00 Å². The number of ether oxygens (including phenoxy) is 1. The van der Waals surface area contributed by atoms with Crippen LogP contribution in [0.5, 0.6) is 0 Å². The Balaban J connectivity index is 1.67. The molecule has 0 bridgehead atoms. The van der Waals surface area contributed by atoms with Crippen molar-refractivity contribution in [3.63, 3.8) is 0 Å². The van der Waals surface area contributed by atoms with Crippen LogP contribution in [-0.4, -0.2) is 30.1 Å². The van der Waals surface area contributed by atoms with Gasteiger partial charge in [0.05, 0.1) is 17.9 Å². The van der Waals surface area contributed by atoms with Gasteiger partial charge in [-0.2, -0.15) is 0 Å². The Labute approximate surface area is 177 Å². The van der Waals surface area contributed by atoms with Gasteiger partial charge in [-0.1, -0.05) is 6.42 Å². The Kier molecular flexibility index (Phi) is 5.65. The van der Waals surface area contributed by atoms with Crippen LogP contribution in [0.2, 0.25) is 0 Å². The number of imide groups is 1. The summed E-state index contributed by atoms with van der Waals surface area (Å²) < 4.78 is 5.01. The predicted octanol–water partition coefficient (Wildman–Crippen LogP) is 3.81. The number of rotatable bonds is 4. The van der Waals surface area contributed by atoms with Crippen molar-refractivity contribution in [2.75, 3.05) is 17.7 Å². The number of anilines is 2. The van der Waals surface area contributed by atoms with Crippen molar-refractivity contribution in [2.45, 2.75) is 48.7 Å². The average Bonchev–Trinajstić information content (AvgIpc) is 3.08. The van der Waals surface area contributed by atoms with Crippen molar-refractivity contribution in [2.24, 2.45) is 0 Å². The lowest BCUT2D eigenvalue weighted by Gasteiger charge is -2.15. The second-order valence-electron chi connectivity index (χ2n) is 7.18. The van der Waals surface area contributed by atoms with Crippen LogP contribution in [0.3, 0.4) is 0 Å². The van der Waals surface area contributed by atoms with E-state index in [9.17, 15) is 14.4 Å². The van der Waals surface area contributed by atoms with Crippen molar-refractivity contribution < 1.29 is 19.1 Å². The first kappa shape index (κ1) is 20.0. The van der Waals surface area contributed by atoms with Crippen LogP contribution in [0.1, 0.15) is 46.5 Å². The van der Waals surface area contributed by atoms with E-state index in [4.69, 9.17) is 10.5 Å². The third-order valence-corrected chi connectivity index (χ3v) is 7.73. The predicted molar refractivity (Wildman–Crippen MR) is 115 cm³/mol. The lowest BCUT2D eigenvalue weighted by atomic mass is 10.1. The first-order valence-corrected chi connectivity index (χ1v) is 11.3. The normalized spacial score (nSPS) is 19.2. The molecule has 4 rings (SSSR count). The summed E-state index contributed by atoms with van der Waals surface area (Å²) in [5.74, 6) is -1.03. The van der Waals surface area contributed by atoms with Crippen LogP contribution >= 0.6 is 23.1 Å². The van der Waals surface area contributed by atoms with Crippen LogP contribution in [0, 0.1) is 0 Å². The first-order chi connectivity index (χ1) is 14.0. The van der Waals surface area contributed by atoms with Gasteiger partial charge < -0.3 is 10.5 Å². The van der Waals surface area contributed by atoms with E-state index >= 15 is 0 Å². The Morgan fingerprint density at radius 2 is 1.90 bits per heavy atom. The molecule has 1 aliphatic heterocycles. The highest BCUT2D eigenvalue weighted by Gasteiger charge is 2.43. The number of thiophene rings is 1. The fraction of sp³-hybridized carbons (Fsp3) is 0.381. The molecule has 1 saturated heterocycles. The highest BCUT2D eigenvalue weighted by Crippen LogP contribution is 2.43.